The third kappa shape index (κ3) is 2.47. The van der Waals surface area contributed by atoms with Crippen molar-refractivity contribution in [3.63, 3.8) is 0 Å². The Balaban J connectivity index is 2.48. The Morgan fingerprint density at radius 1 is 1.11 bits per heavy atom. The maximum atomic E-state index is 13.5. The zero-order valence-electron chi connectivity index (χ0n) is 10.4. The first-order valence-corrected chi connectivity index (χ1v) is 6.56. The van der Waals surface area contributed by atoms with E-state index in [0.29, 0.717) is 4.47 Å². The summed E-state index contributed by atoms with van der Waals surface area (Å²) in [5.74, 6) is -0.285. The summed E-state index contributed by atoms with van der Waals surface area (Å²) in [5, 5.41) is 0. The lowest BCUT2D eigenvalue weighted by atomic mass is 9.94. The summed E-state index contributed by atoms with van der Waals surface area (Å²) in [6.07, 6.45) is 0. The van der Waals surface area contributed by atoms with Crippen molar-refractivity contribution in [3.05, 3.63) is 68.9 Å². The van der Waals surface area contributed by atoms with Gasteiger partial charge in [0.2, 0.25) is 0 Å². The molecule has 94 valence electrons. The standard InChI is InChI=1S/C15H15BrFN/c1-9-6-7-11(10(2)8-9)15(18)12-4-3-5-13(17)14(12)16/h3-8,15H,18H2,1-2H3. The highest BCUT2D eigenvalue weighted by molar-refractivity contribution is 9.10. The molecule has 2 rings (SSSR count). The van der Waals surface area contributed by atoms with Crippen LogP contribution in [0.5, 0.6) is 0 Å². The molecule has 3 heteroatoms. The molecule has 0 spiro atoms. The number of benzene rings is 2. The fraction of sp³-hybridized carbons (Fsp3) is 0.200. The van der Waals surface area contributed by atoms with Crippen LogP contribution in [-0.2, 0) is 0 Å². The number of rotatable bonds is 2. The molecule has 0 fully saturated rings. The monoisotopic (exact) mass is 307 g/mol. The van der Waals surface area contributed by atoms with E-state index in [4.69, 9.17) is 5.73 Å². The molecule has 2 aromatic rings. The first-order chi connectivity index (χ1) is 8.50. The van der Waals surface area contributed by atoms with Gasteiger partial charge in [0.15, 0.2) is 0 Å². The number of nitrogens with two attached hydrogens (primary N) is 1. The molecule has 18 heavy (non-hydrogen) atoms. The molecular weight excluding hydrogens is 293 g/mol. The van der Waals surface area contributed by atoms with E-state index in [-0.39, 0.29) is 11.9 Å². The van der Waals surface area contributed by atoms with Crippen LogP contribution in [-0.4, -0.2) is 0 Å². The average Bonchev–Trinajstić information content (AvgIpc) is 2.32. The Labute approximate surface area is 115 Å². The van der Waals surface area contributed by atoms with Crippen LogP contribution in [0.2, 0.25) is 0 Å². The van der Waals surface area contributed by atoms with Crippen molar-refractivity contribution in [3.8, 4) is 0 Å². The Bertz CT molecular complexity index is 581. The van der Waals surface area contributed by atoms with Gasteiger partial charge in [-0.1, -0.05) is 35.9 Å². The summed E-state index contributed by atoms with van der Waals surface area (Å²) in [7, 11) is 0. The minimum absolute atomic E-state index is 0.285. The van der Waals surface area contributed by atoms with Crippen molar-refractivity contribution < 1.29 is 4.39 Å². The van der Waals surface area contributed by atoms with Crippen LogP contribution >= 0.6 is 15.9 Å². The van der Waals surface area contributed by atoms with Crippen molar-refractivity contribution in [1.82, 2.24) is 0 Å². The zero-order chi connectivity index (χ0) is 13.3. The number of hydrogen-bond donors (Lipinski definition) is 1. The minimum Gasteiger partial charge on any atom is -0.320 e. The fourth-order valence-electron chi connectivity index (χ4n) is 2.10. The molecule has 0 radical (unpaired) electrons. The summed E-state index contributed by atoms with van der Waals surface area (Å²) < 4.78 is 14.0. The fourth-order valence-corrected chi connectivity index (χ4v) is 2.61. The van der Waals surface area contributed by atoms with Gasteiger partial charge in [-0.15, -0.1) is 0 Å². The highest BCUT2D eigenvalue weighted by atomic mass is 79.9. The van der Waals surface area contributed by atoms with Gasteiger partial charge in [-0.2, -0.15) is 0 Å². The third-order valence-corrected chi connectivity index (χ3v) is 3.91. The largest absolute Gasteiger partial charge is 0.320 e. The molecule has 1 atom stereocenters. The molecule has 1 unspecified atom stereocenters. The molecule has 0 aliphatic rings. The average molecular weight is 308 g/mol. The van der Waals surface area contributed by atoms with Crippen molar-refractivity contribution in [1.29, 1.82) is 0 Å². The molecular formula is C15H15BrFN. The van der Waals surface area contributed by atoms with Crippen molar-refractivity contribution >= 4 is 15.9 Å². The summed E-state index contributed by atoms with van der Waals surface area (Å²) in [6.45, 7) is 4.07. The smallest absolute Gasteiger partial charge is 0.137 e. The summed E-state index contributed by atoms with van der Waals surface area (Å²) in [6, 6.07) is 10.7. The van der Waals surface area contributed by atoms with Gasteiger partial charge in [0.1, 0.15) is 5.82 Å². The Morgan fingerprint density at radius 2 is 1.83 bits per heavy atom. The summed E-state index contributed by atoms with van der Waals surface area (Å²) in [4.78, 5) is 0. The zero-order valence-corrected chi connectivity index (χ0v) is 12.0. The highest BCUT2D eigenvalue weighted by Crippen LogP contribution is 2.30. The molecule has 0 aliphatic carbocycles. The topological polar surface area (TPSA) is 26.0 Å². The first-order valence-electron chi connectivity index (χ1n) is 5.77. The number of hydrogen-bond acceptors (Lipinski definition) is 1. The predicted molar refractivity (Wildman–Crippen MR) is 76.0 cm³/mol. The van der Waals surface area contributed by atoms with E-state index in [9.17, 15) is 4.39 Å². The minimum atomic E-state index is -0.323. The number of halogens is 2. The predicted octanol–water partition coefficient (Wildman–Crippen LogP) is 4.25. The third-order valence-electron chi connectivity index (χ3n) is 3.08. The Hall–Kier alpha value is -1.19. The molecule has 1 nitrogen and oxygen atoms in total. The molecule has 0 aromatic heterocycles. The van der Waals surface area contributed by atoms with Crippen molar-refractivity contribution in [2.24, 2.45) is 5.73 Å². The van der Waals surface area contributed by atoms with Crippen LogP contribution in [0.15, 0.2) is 40.9 Å². The maximum absolute atomic E-state index is 13.5. The van der Waals surface area contributed by atoms with E-state index in [2.05, 4.69) is 22.0 Å². The Kier molecular flexibility index (Phi) is 3.83. The second-order valence-electron chi connectivity index (χ2n) is 4.48. The van der Waals surface area contributed by atoms with Gasteiger partial charge in [0.25, 0.3) is 0 Å². The van der Waals surface area contributed by atoms with Gasteiger partial charge >= 0.3 is 0 Å². The highest BCUT2D eigenvalue weighted by Gasteiger charge is 2.16. The van der Waals surface area contributed by atoms with Crippen LogP contribution in [0.25, 0.3) is 0 Å². The van der Waals surface area contributed by atoms with E-state index < -0.39 is 0 Å². The van der Waals surface area contributed by atoms with E-state index in [1.807, 2.05) is 32.0 Å². The first kappa shape index (κ1) is 13.2. The summed E-state index contributed by atoms with van der Waals surface area (Å²) >= 11 is 3.26. The van der Waals surface area contributed by atoms with Crippen LogP contribution < -0.4 is 5.73 Å². The van der Waals surface area contributed by atoms with Gasteiger partial charge in [-0.05, 0) is 52.5 Å². The molecule has 0 aliphatic heterocycles. The van der Waals surface area contributed by atoms with E-state index in [1.165, 1.54) is 11.6 Å². The van der Waals surface area contributed by atoms with Gasteiger partial charge in [-0.3, -0.25) is 0 Å². The normalized spacial score (nSPS) is 12.5. The van der Waals surface area contributed by atoms with Gasteiger partial charge in [0, 0.05) is 0 Å². The number of aryl methyl sites for hydroxylation is 2. The van der Waals surface area contributed by atoms with Crippen molar-refractivity contribution in [2.45, 2.75) is 19.9 Å². The molecule has 0 saturated carbocycles. The van der Waals surface area contributed by atoms with Crippen molar-refractivity contribution in [2.75, 3.05) is 0 Å². The quantitative estimate of drug-likeness (QED) is 0.881. The molecule has 0 bridgehead atoms. The SMILES string of the molecule is Cc1ccc(C(N)c2cccc(F)c2Br)c(C)c1. The lowest BCUT2D eigenvalue weighted by molar-refractivity contribution is 0.616. The molecule has 0 amide bonds. The van der Waals surface area contributed by atoms with E-state index in [1.54, 1.807) is 6.07 Å². The second kappa shape index (κ2) is 5.21. The second-order valence-corrected chi connectivity index (χ2v) is 5.27. The van der Waals surface area contributed by atoms with Crippen LogP contribution in [0.3, 0.4) is 0 Å². The van der Waals surface area contributed by atoms with E-state index in [0.717, 1.165) is 16.7 Å². The van der Waals surface area contributed by atoms with Crippen LogP contribution in [0.1, 0.15) is 28.3 Å². The van der Waals surface area contributed by atoms with Crippen LogP contribution in [0.4, 0.5) is 4.39 Å². The molecule has 2 aromatic carbocycles. The van der Waals surface area contributed by atoms with E-state index >= 15 is 0 Å². The maximum Gasteiger partial charge on any atom is 0.137 e. The lowest BCUT2D eigenvalue weighted by Crippen LogP contribution is -2.14. The molecule has 2 N–H and O–H groups in total. The summed E-state index contributed by atoms with van der Waals surface area (Å²) in [5.41, 5.74) is 10.3. The Morgan fingerprint density at radius 3 is 2.50 bits per heavy atom. The van der Waals surface area contributed by atoms with Crippen LogP contribution in [0, 0.1) is 19.7 Å². The molecule has 0 saturated heterocycles. The van der Waals surface area contributed by atoms with Gasteiger partial charge in [0.05, 0.1) is 10.5 Å². The lowest BCUT2D eigenvalue weighted by Gasteiger charge is -2.17. The molecule has 0 heterocycles. The van der Waals surface area contributed by atoms with Gasteiger partial charge < -0.3 is 5.73 Å². The van der Waals surface area contributed by atoms with Gasteiger partial charge in [-0.25, -0.2) is 4.39 Å².